The molecule has 0 spiro atoms. The Hall–Kier alpha value is -1.05. The van der Waals surface area contributed by atoms with E-state index in [-0.39, 0.29) is 5.82 Å². The molecule has 0 radical (unpaired) electrons. The number of aryl methyl sites for hydroxylation is 1. The molecule has 1 nitrogen and oxygen atoms in total. The summed E-state index contributed by atoms with van der Waals surface area (Å²) in [5.74, 6) is -0.118. The van der Waals surface area contributed by atoms with Crippen LogP contribution in [0.4, 0.5) is 10.1 Å². The van der Waals surface area contributed by atoms with Gasteiger partial charge in [0, 0.05) is 11.7 Å². The lowest BCUT2D eigenvalue weighted by molar-refractivity contribution is 0.618. The highest BCUT2D eigenvalue weighted by Crippen LogP contribution is 2.23. The van der Waals surface area contributed by atoms with Gasteiger partial charge in [0.15, 0.2) is 0 Å². The molecule has 2 rings (SSSR count). The molecule has 0 heterocycles. The molecule has 1 aromatic carbocycles. The third-order valence-electron chi connectivity index (χ3n) is 2.90. The molecule has 1 aromatic rings. The Morgan fingerprint density at radius 1 is 1.29 bits per heavy atom. The number of hydrogen-bond donors (Lipinski definition) is 1. The van der Waals surface area contributed by atoms with E-state index >= 15 is 0 Å². The van der Waals surface area contributed by atoms with Crippen LogP contribution in [0, 0.1) is 12.7 Å². The Bertz CT molecular complexity index is 316. The van der Waals surface area contributed by atoms with Crippen LogP contribution in [0.1, 0.15) is 31.2 Å². The summed E-state index contributed by atoms with van der Waals surface area (Å²) < 4.78 is 13.2. The predicted octanol–water partition coefficient (Wildman–Crippen LogP) is 3.49. The van der Waals surface area contributed by atoms with E-state index < -0.39 is 0 Å². The molecule has 14 heavy (non-hydrogen) atoms. The number of benzene rings is 1. The van der Waals surface area contributed by atoms with E-state index in [4.69, 9.17) is 0 Å². The van der Waals surface area contributed by atoms with E-state index in [2.05, 4.69) is 5.32 Å². The molecule has 0 aromatic heterocycles. The van der Waals surface area contributed by atoms with E-state index in [0.717, 1.165) is 5.69 Å². The quantitative estimate of drug-likeness (QED) is 0.758. The fourth-order valence-corrected chi connectivity index (χ4v) is 1.99. The van der Waals surface area contributed by atoms with Crippen molar-refractivity contribution >= 4 is 5.69 Å². The van der Waals surface area contributed by atoms with Crippen LogP contribution in [-0.2, 0) is 0 Å². The largest absolute Gasteiger partial charge is 0.382 e. The number of anilines is 1. The van der Waals surface area contributed by atoms with Crippen LogP contribution < -0.4 is 5.32 Å². The van der Waals surface area contributed by atoms with Gasteiger partial charge in [-0.15, -0.1) is 0 Å². The first-order valence-electron chi connectivity index (χ1n) is 5.28. The number of rotatable bonds is 2. The zero-order valence-corrected chi connectivity index (χ0v) is 8.52. The molecular weight excluding hydrogens is 177 g/mol. The zero-order chi connectivity index (χ0) is 9.97. The van der Waals surface area contributed by atoms with Gasteiger partial charge in [-0.1, -0.05) is 18.9 Å². The Morgan fingerprint density at radius 2 is 2.00 bits per heavy atom. The Balaban J connectivity index is 2.05. The molecule has 0 bridgehead atoms. The summed E-state index contributed by atoms with van der Waals surface area (Å²) in [5.41, 5.74) is 1.63. The van der Waals surface area contributed by atoms with Gasteiger partial charge in [0.1, 0.15) is 5.82 Å². The summed E-state index contributed by atoms with van der Waals surface area (Å²) in [6.07, 6.45) is 5.03. The van der Waals surface area contributed by atoms with Crippen LogP contribution in [-0.4, -0.2) is 6.04 Å². The van der Waals surface area contributed by atoms with Crippen LogP contribution in [0.3, 0.4) is 0 Å². The van der Waals surface area contributed by atoms with Crippen LogP contribution in [0.25, 0.3) is 0 Å². The molecule has 1 aliphatic rings. The Kier molecular flexibility index (Phi) is 2.71. The lowest BCUT2D eigenvalue weighted by atomic mass is 10.2. The van der Waals surface area contributed by atoms with Gasteiger partial charge in [-0.25, -0.2) is 4.39 Å². The monoisotopic (exact) mass is 193 g/mol. The number of hydrogen-bond acceptors (Lipinski definition) is 1. The van der Waals surface area contributed by atoms with E-state index in [1.807, 2.05) is 12.1 Å². The van der Waals surface area contributed by atoms with E-state index in [0.29, 0.717) is 11.6 Å². The first-order chi connectivity index (χ1) is 6.75. The maximum Gasteiger partial charge on any atom is 0.128 e. The summed E-state index contributed by atoms with van der Waals surface area (Å²) in [5, 5.41) is 3.37. The predicted molar refractivity (Wildman–Crippen MR) is 57.0 cm³/mol. The first kappa shape index (κ1) is 9.50. The van der Waals surface area contributed by atoms with Crippen LogP contribution >= 0.6 is 0 Å². The fraction of sp³-hybridized carbons (Fsp3) is 0.500. The van der Waals surface area contributed by atoms with Gasteiger partial charge in [-0.3, -0.25) is 0 Å². The topological polar surface area (TPSA) is 12.0 Å². The van der Waals surface area contributed by atoms with Gasteiger partial charge in [0.2, 0.25) is 0 Å². The molecule has 76 valence electrons. The number of halogens is 1. The highest BCUT2D eigenvalue weighted by molar-refractivity contribution is 5.46. The van der Waals surface area contributed by atoms with Crippen LogP contribution in [0.15, 0.2) is 18.2 Å². The van der Waals surface area contributed by atoms with Crippen molar-refractivity contribution in [3.63, 3.8) is 0 Å². The van der Waals surface area contributed by atoms with Crippen molar-refractivity contribution in [1.29, 1.82) is 0 Å². The minimum absolute atomic E-state index is 0.118. The molecule has 1 N–H and O–H groups in total. The maximum absolute atomic E-state index is 13.2. The molecule has 1 fully saturated rings. The lowest BCUT2D eigenvalue weighted by Crippen LogP contribution is -2.14. The SMILES string of the molecule is Cc1ccc(NC2CCCC2)cc1F. The summed E-state index contributed by atoms with van der Waals surface area (Å²) >= 11 is 0. The Labute approximate surface area is 84.3 Å². The van der Waals surface area contributed by atoms with E-state index in [1.54, 1.807) is 13.0 Å². The van der Waals surface area contributed by atoms with Crippen molar-refractivity contribution in [3.8, 4) is 0 Å². The third kappa shape index (κ3) is 2.06. The van der Waals surface area contributed by atoms with Gasteiger partial charge in [-0.2, -0.15) is 0 Å². The molecule has 0 saturated heterocycles. The first-order valence-corrected chi connectivity index (χ1v) is 5.28. The summed E-state index contributed by atoms with van der Waals surface area (Å²) in [6.45, 7) is 1.79. The van der Waals surface area contributed by atoms with Crippen molar-refractivity contribution in [2.75, 3.05) is 5.32 Å². The van der Waals surface area contributed by atoms with Crippen molar-refractivity contribution in [3.05, 3.63) is 29.6 Å². The van der Waals surface area contributed by atoms with Gasteiger partial charge in [0.05, 0.1) is 0 Å². The minimum Gasteiger partial charge on any atom is -0.382 e. The van der Waals surface area contributed by atoms with Crippen molar-refractivity contribution < 1.29 is 4.39 Å². The van der Waals surface area contributed by atoms with Crippen molar-refractivity contribution in [2.24, 2.45) is 0 Å². The summed E-state index contributed by atoms with van der Waals surface area (Å²) in [4.78, 5) is 0. The van der Waals surface area contributed by atoms with Crippen molar-refractivity contribution in [1.82, 2.24) is 0 Å². The lowest BCUT2D eigenvalue weighted by Gasteiger charge is -2.13. The smallest absolute Gasteiger partial charge is 0.128 e. The van der Waals surface area contributed by atoms with Gasteiger partial charge in [0.25, 0.3) is 0 Å². The molecule has 0 aliphatic heterocycles. The van der Waals surface area contributed by atoms with Crippen molar-refractivity contribution in [2.45, 2.75) is 38.6 Å². The normalized spacial score (nSPS) is 17.3. The second kappa shape index (κ2) is 3.99. The maximum atomic E-state index is 13.2. The Morgan fingerprint density at radius 3 is 2.64 bits per heavy atom. The third-order valence-corrected chi connectivity index (χ3v) is 2.90. The molecule has 0 atom stereocenters. The van der Waals surface area contributed by atoms with E-state index in [1.165, 1.54) is 25.7 Å². The zero-order valence-electron chi connectivity index (χ0n) is 8.52. The van der Waals surface area contributed by atoms with Crippen LogP contribution in [0.5, 0.6) is 0 Å². The molecule has 2 heteroatoms. The van der Waals surface area contributed by atoms with E-state index in [9.17, 15) is 4.39 Å². The van der Waals surface area contributed by atoms with Crippen LogP contribution in [0.2, 0.25) is 0 Å². The number of nitrogens with one attached hydrogen (secondary N) is 1. The average Bonchev–Trinajstić information content (AvgIpc) is 2.64. The highest BCUT2D eigenvalue weighted by atomic mass is 19.1. The minimum atomic E-state index is -0.118. The van der Waals surface area contributed by atoms with Gasteiger partial charge >= 0.3 is 0 Å². The molecule has 1 aliphatic carbocycles. The average molecular weight is 193 g/mol. The molecule has 0 amide bonds. The summed E-state index contributed by atoms with van der Waals surface area (Å²) in [7, 11) is 0. The highest BCUT2D eigenvalue weighted by Gasteiger charge is 2.14. The molecular formula is C12H16FN. The fourth-order valence-electron chi connectivity index (χ4n) is 1.99. The van der Waals surface area contributed by atoms with Gasteiger partial charge in [-0.05, 0) is 37.5 Å². The molecule has 1 saturated carbocycles. The second-order valence-corrected chi connectivity index (χ2v) is 4.09. The summed E-state index contributed by atoms with van der Waals surface area (Å²) in [6, 6.07) is 5.92. The van der Waals surface area contributed by atoms with Gasteiger partial charge < -0.3 is 5.32 Å². The second-order valence-electron chi connectivity index (χ2n) is 4.09. The standard InChI is InChI=1S/C12H16FN/c1-9-6-7-11(8-12(9)13)14-10-4-2-3-5-10/h6-8,10,14H,2-5H2,1H3. The molecule has 0 unspecified atom stereocenters.